The number of carbonyl (C=O) groups is 1. The van der Waals surface area contributed by atoms with Gasteiger partial charge in [-0.15, -0.1) is 0 Å². The van der Waals surface area contributed by atoms with Crippen molar-refractivity contribution in [3.8, 4) is 11.8 Å². The van der Waals surface area contributed by atoms with E-state index < -0.39 is 0 Å². The van der Waals surface area contributed by atoms with E-state index in [1.165, 1.54) is 0 Å². The van der Waals surface area contributed by atoms with Gasteiger partial charge in [0.15, 0.2) is 5.78 Å². The van der Waals surface area contributed by atoms with Crippen molar-refractivity contribution in [1.29, 1.82) is 5.26 Å². The number of hydrogen-bond donors (Lipinski definition) is 2. The van der Waals surface area contributed by atoms with Crippen LogP contribution < -0.4 is 10.5 Å². The molecule has 5 nitrogen and oxygen atoms in total. The number of ketones is 1. The molecule has 27 heavy (non-hydrogen) atoms. The zero-order chi connectivity index (χ0) is 20.4. The summed E-state index contributed by atoms with van der Waals surface area (Å²) in [6.07, 6.45) is 2.16. The van der Waals surface area contributed by atoms with Gasteiger partial charge in [-0.25, -0.2) is 0 Å². The Kier molecular flexibility index (Phi) is 8.77. The molecule has 0 saturated heterocycles. The average Bonchev–Trinajstić information content (AvgIpc) is 2.69. The molecular weight excluding hydrogens is 340 g/mol. The van der Waals surface area contributed by atoms with Gasteiger partial charge in [0, 0.05) is 17.7 Å². The first-order valence-electron chi connectivity index (χ1n) is 8.61. The van der Waals surface area contributed by atoms with Crippen molar-refractivity contribution in [2.24, 2.45) is 0 Å². The lowest BCUT2D eigenvalue weighted by Gasteiger charge is -2.06. The molecule has 2 rings (SSSR count). The predicted octanol–water partition coefficient (Wildman–Crippen LogP) is 4.07. The number of nitriles is 1. The molecule has 5 heteroatoms. The number of hydrogen-bond acceptors (Lipinski definition) is 5. The molecule has 0 aliphatic carbocycles. The Morgan fingerprint density at radius 2 is 1.81 bits per heavy atom. The number of nitrogens with zero attached hydrogens (tertiary/aromatic N) is 1. The molecule has 142 valence electrons. The minimum Gasteiger partial charge on any atom is -0.497 e. The van der Waals surface area contributed by atoms with E-state index in [0.29, 0.717) is 17.7 Å². The maximum atomic E-state index is 11.2. The first-order valence-corrected chi connectivity index (χ1v) is 8.61. The molecule has 0 amide bonds. The number of benzene rings is 2. The van der Waals surface area contributed by atoms with Crippen LogP contribution in [-0.4, -0.2) is 24.6 Å². The van der Waals surface area contributed by atoms with Crippen LogP contribution in [0.2, 0.25) is 0 Å². The molecule has 2 aromatic rings. The number of rotatable bonds is 5. The van der Waals surface area contributed by atoms with Crippen molar-refractivity contribution >= 4 is 17.5 Å². The number of aryl methyl sites for hydroxylation is 2. The van der Waals surface area contributed by atoms with E-state index in [2.05, 4.69) is 0 Å². The molecule has 0 spiro atoms. The van der Waals surface area contributed by atoms with E-state index in [9.17, 15) is 4.79 Å². The van der Waals surface area contributed by atoms with Crippen LogP contribution in [0.3, 0.4) is 0 Å². The summed E-state index contributed by atoms with van der Waals surface area (Å²) in [6, 6.07) is 12.9. The van der Waals surface area contributed by atoms with Crippen molar-refractivity contribution in [3.63, 3.8) is 0 Å². The lowest BCUT2D eigenvalue weighted by molar-refractivity contribution is 0.0988. The highest BCUT2D eigenvalue weighted by molar-refractivity contribution is 5.95. The molecule has 0 unspecified atom stereocenters. The summed E-state index contributed by atoms with van der Waals surface area (Å²) in [5.41, 5.74) is 10.5. The third-order valence-corrected chi connectivity index (χ3v) is 4.08. The summed E-state index contributed by atoms with van der Waals surface area (Å²) >= 11 is 0. The second kappa shape index (κ2) is 10.8. The van der Waals surface area contributed by atoms with Gasteiger partial charge in [0.05, 0.1) is 25.4 Å². The summed E-state index contributed by atoms with van der Waals surface area (Å²) < 4.78 is 4.97. The van der Waals surface area contributed by atoms with Gasteiger partial charge >= 0.3 is 0 Å². The fourth-order valence-electron chi connectivity index (χ4n) is 2.27. The van der Waals surface area contributed by atoms with Gasteiger partial charge < -0.3 is 15.6 Å². The van der Waals surface area contributed by atoms with E-state index in [4.69, 9.17) is 20.8 Å². The van der Waals surface area contributed by atoms with E-state index >= 15 is 0 Å². The predicted molar refractivity (Wildman–Crippen MR) is 109 cm³/mol. The molecule has 0 aliphatic heterocycles. The molecule has 0 bridgehead atoms. The van der Waals surface area contributed by atoms with Crippen LogP contribution in [-0.2, 0) is 0 Å². The Hall–Kier alpha value is -3.10. The normalized spacial score (nSPS) is 10.4. The smallest absolute Gasteiger partial charge is 0.162 e. The van der Waals surface area contributed by atoms with Crippen LogP contribution in [0.5, 0.6) is 5.75 Å². The largest absolute Gasteiger partial charge is 0.497 e. The molecule has 2 aromatic carbocycles. The Balaban J connectivity index is 0.000000277. The molecule has 0 atom stereocenters. The van der Waals surface area contributed by atoms with Gasteiger partial charge in [0.1, 0.15) is 5.75 Å². The summed E-state index contributed by atoms with van der Waals surface area (Å²) in [5, 5.41) is 17.6. The minimum atomic E-state index is -0.261. The van der Waals surface area contributed by atoms with Crippen molar-refractivity contribution in [1.82, 2.24) is 0 Å². The fourth-order valence-corrected chi connectivity index (χ4v) is 2.27. The molecule has 0 aliphatic rings. The lowest BCUT2D eigenvalue weighted by Crippen LogP contribution is -1.95. The highest BCUT2D eigenvalue weighted by Gasteiger charge is 2.02. The topological polar surface area (TPSA) is 96.3 Å². The zero-order valence-corrected chi connectivity index (χ0v) is 16.2. The number of nitrogens with two attached hydrogens (primary N) is 1. The van der Waals surface area contributed by atoms with Crippen LogP contribution in [0.25, 0.3) is 6.08 Å². The Bertz CT molecular complexity index is 847. The monoisotopic (exact) mass is 366 g/mol. The number of aliphatic hydroxyl groups is 1. The number of anilines is 1. The maximum absolute atomic E-state index is 11.2. The van der Waals surface area contributed by atoms with Crippen LogP contribution in [0.15, 0.2) is 42.0 Å². The summed E-state index contributed by atoms with van der Waals surface area (Å²) in [5.74, 6) is 0.945. The van der Waals surface area contributed by atoms with Crippen LogP contribution in [0.4, 0.5) is 5.69 Å². The Labute approximate surface area is 160 Å². The summed E-state index contributed by atoms with van der Waals surface area (Å²) in [6.45, 7) is 5.56. The number of aliphatic hydroxyl groups excluding tert-OH is 1. The third kappa shape index (κ3) is 6.61. The minimum absolute atomic E-state index is 0.164. The van der Waals surface area contributed by atoms with Crippen molar-refractivity contribution in [2.75, 3.05) is 19.5 Å². The van der Waals surface area contributed by atoms with Gasteiger partial charge in [0.2, 0.25) is 0 Å². The molecule has 3 N–H and O–H groups in total. The van der Waals surface area contributed by atoms with Crippen LogP contribution in [0.1, 0.15) is 40.4 Å². The third-order valence-electron chi connectivity index (χ3n) is 4.08. The van der Waals surface area contributed by atoms with Crippen molar-refractivity contribution < 1.29 is 14.6 Å². The first kappa shape index (κ1) is 21.9. The number of ether oxygens (including phenoxy) is 1. The molecule has 0 aromatic heterocycles. The van der Waals surface area contributed by atoms with Gasteiger partial charge in [-0.3, -0.25) is 4.79 Å². The Morgan fingerprint density at radius 3 is 2.30 bits per heavy atom. The van der Waals surface area contributed by atoms with Gasteiger partial charge in [0.25, 0.3) is 0 Å². The molecule has 0 saturated carbocycles. The molecule has 0 fully saturated rings. The standard InChI is InChI=1S/C12H14N2O.C10H12O2/c1-8-3-11(5-10(6-13)7-15)12(14)4-9(8)2;1-3-10(11)8-4-6-9(12-2)7-5-8/h3-5,15H,7,14H2,1-2H3;4-7H,3H2,1-2H3/b10-5-;. The lowest BCUT2D eigenvalue weighted by atomic mass is 10.0. The van der Waals surface area contributed by atoms with Crippen LogP contribution in [0, 0.1) is 25.2 Å². The van der Waals surface area contributed by atoms with E-state index in [0.717, 1.165) is 28.0 Å². The Morgan fingerprint density at radius 1 is 1.22 bits per heavy atom. The number of Topliss-reactive ketones (excluding diaryl/α,β-unsaturated/α-hetero) is 1. The van der Waals surface area contributed by atoms with Gasteiger partial charge in [-0.05, 0) is 73.0 Å². The highest BCUT2D eigenvalue weighted by Crippen LogP contribution is 2.20. The average molecular weight is 366 g/mol. The van der Waals surface area contributed by atoms with E-state index in [1.54, 1.807) is 37.5 Å². The molecule has 0 heterocycles. The van der Waals surface area contributed by atoms with Crippen LogP contribution >= 0.6 is 0 Å². The van der Waals surface area contributed by atoms with Gasteiger partial charge in [-0.2, -0.15) is 5.26 Å². The number of methoxy groups -OCH3 is 1. The molecular formula is C22H26N2O3. The highest BCUT2D eigenvalue weighted by atomic mass is 16.5. The van der Waals surface area contributed by atoms with Gasteiger partial charge in [-0.1, -0.05) is 6.92 Å². The fraction of sp³-hybridized carbons (Fsp3) is 0.273. The van der Waals surface area contributed by atoms with Crippen molar-refractivity contribution in [3.05, 3.63) is 64.2 Å². The zero-order valence-electron chi connectivity index (χ0n) is 16.2. The second-order valence-electron chi connectivity index (χ2n) is 6.01. The number of carbonyl (C=O) groups excluding carboxylic acids is 1. The van der Waals surface area contributed by atoms with E-state index in [-0.39, 0.29) is 12.4 Å². The molecule has 0 radical (unpaired) electrons. The summed E-state index contributed by atoms with van der Waals surface area (Å²) in [7, 11) is 1.61. The summed E-state index contributed by atoms with van der Waals surface area (Å²) in [4.78, 5) is 11.2. The second-order valence-corrected chi connectivity index (χ2v) is 6.01. The number of nitrogen functional groups attached to an aromatic ring is 1. The first-order chi connectivity index (χ1) is 12.9. The maximum Gasteiger partial charge on any atom is 0.162 e. The van der Waals surface area contributed by atoms with E-state index in [1.807, 2.05) is 39.0 Å². The van der Waals surface area contributed by atoms with Crippen molar-refractivity contribution in [2.45, 2.75) is 27.2 Å². The quantitative estimate of drug-likeness (QED) is 0.472. The SMILES string of the molecule is CCC(=O)c1ccc(OC)cc1.Cc1cc(N)c(/C=C(/C#N)CO)cc1C.